The first-order valence-electron chi connectivity index (χ1n) is 10.9. The first kappa shape index (κ1) is 26.4. The predicted octanol–water partition coefficient (Wildman–Crippen LogP) is 5.19. The number of hydrogen-bond acceptors (Lipinski definition) is 3. The highest BCUT2D eigenvalue weighted by Crippen LogP contribution is 2.33. The van der Waals surface area contributed by atoms with Crippen LogP contribution in [0.2, 0.25) is 0 Å². The van der Waals surface area contributed by atoms with Crippen molar-refractivity contribution >= 4 is 21.6 Å². The lowest BCUT2D eigenvalue weighted by atomic mass is 9.93. The number of sulfonamides is 1. The number of nitrogens with one attached hydrogen (secondary N) is 2. The fourth-order valence-corrected chi connectivity index (χ4v) is 5.22. The lowest BCUT2D eigenvalue weighted by molar-refractivity contribution is 0.0175. The molecule has 0 aliphatic heterocycles. The van der Waals surface area contributed by atoms with Crippen LogP contribution in [-0.2, 0) is 28.8 Å². The highest BCUT2D eigenvalue weighted by atomic mass is 32.2. The molecule has 0 radical (unpaired) electrons. The predicted molar refractivity (Wildman–Crippen MR) is 132 cm³/mol. The van der Waals surface area contributed by atoms with Crippen molar-refractivity contribution in [2.24, 2.45) is 0 Å². The molecule has 0 heterocycles. The number of rotatable bonds is 6. The molecule has 1 aliphatic rings. The first-order valence-corrected chi connectivity index (χ1v) is 12.8. The molecule has 0 unspecified atom stereocenters. The van der Waals surface area contributed by atoms with Gasteiger partial charge in [0, 0.05) is 29.8 Å². The maximum absolute atomic E-state index is 13.6. The van der Waals surface area contributed by atoms with Crippen molar-refractivity contribution in [2.45, 2.75) is 38.7 Å². The molecule has 0 saturated carbocycles. The number of benzene rings is 3. The number of fused-ring (bicyclic) bond motifs is 1. The molecule has 1 amide bonds. The second-order valence-corrected chi connectivity index (χ2v) is 10.7. The van der Waals surface area contributed by atoms with Crippen LogP contribution in [0.25, 0.3) is 11.1 Å². The van der Waals surface area contributed by atoms with Crippen LogP contribution in [0.3, 0.4) is 0 Å². The van der Waals surface area contributed by atoms with E-state index in [-0.39, 0.29) is 22.2 Å². The quantitative estimate of drug-likeness (QED) is 0.485. The van der Waals surface area contributed by atoms with Crippen LogP contribution in [0.1, 0.15) is 39.5 Å². The highest BCUT2D eigenvalue weighted by molar-refractivity contribution is 7.88. The molecule has 5 nitrogen and oxygen atoms in total. The van der Waals surface area contributed by atoms with Crippen LogP contribution in [0.4, 0.5) is 19.2 Å². The molecular weight excluding hydrogens is 477 g/mol. The minimum atomic E-state index is -3.30. The Morgan fingerprint density at radius 1 is 1.00 bits per heavy atom. The average molecular weight is 505 g/mol. The fourth-order valence-electron chi connectivity index (χ4n) is 4.45. The molecule has 2 N–H and O–H groups in total. The Balaban J connectivity index is 0.00000342. The molecule has 0 spiro atoms. The van der Waals surface area contributed by atoms with Crippen LogP contribution in [0, 0.1) is 6.92 Å². The van der Waals surface area contributed by atoms with Crippen molar-refractivity contribution in [1.29, 1.82) is 0 Å². The van der Waals surface area contributed by atoms with Gasteiger partial charge in [-0.2, -0.15) is 0 Å². The number of hydrogen-bond donors (Lipinski definition) is 2. The van der Waals surface area contributed by atoms with E-state index in [1.54, 1.807) is 30.3 Å². The Labute approximate surface area is 203 Å². The third kappa shape index (κ3) is 6.10. The Kier molecular flexibility index (Phi) is 7.42. The molecule has 0 fully saturated rings. The molecule has 35 heavy (non-hydrogen) atoms. The maximum atomic E-state index is 13.6. The Morgan fingerprint density at radius 3 is 2.29 bits per heavy atom. The minimum Gasteiger partial charge on any atom is -0.322 e. The summed E-state index contributed by atoms with van der Waals surface area (Å²) >= 11 is 0. The molecule has 186 valence electrons. The Hall–Kier alpha value is -3.17. The lowest BCUT2D eigenvalue weighted by Gasteiger charge is -2.15. The second-order valence-electron chi connectivity index (χ2n) is 8.90. The highest BCUT2D eigenvalue weighted by Gasteiger charge is 2.26. The summed E-state index contributed by atoms with van der Waals surface area (Å²) in [6.07, 6.45) is 2.30. The van der Waals surface area contributed by atoms with Crippen LogP contribution >= 0.6 is 0 Å². The van der Waals surface area contributed by atoms with Crippen molar-refractivity contribution in [3.05, 3.63) is 88.5 Å². The van der Waals surface area contributed by atoms with E-state index in [4.69, 9.17) is 0 Å². The fraction of sp³-hybridized carbons (Fsp3) is 0.269. The summed E-state index contributed by atoms with van der Waals surface area (Å²) in [7, 11) is -3.30. The van der Waals surface area contributed by atoms with Gasteiger partial charge < -0.3 is 5.32 Å². The third-order valence-electron chi connectivity index (χ3n) is 5.98. The molecule has 1 aliphatic carbocycles. The summed E-state index contributed by atoms with van der Waals surface area (Å²) in [6.45, 7) is 2.73. The number of carbonyl (C=O) groups excluding carboxylic acids is 1. The lowest BCUT2D eigenvalue weighted by Crippen LogP contribution is -2.34. The van der Waals surface area contributed by atoms with E-state index in [1.807, 2.05) is 25.1 Å². The molecule has 3 aromatic rings. The van der Waals surface area contributed by atoms with Crippen LogP contribution in [-0.4, -0.2) is 26.6 Å². The van der Waals surface area contributed by atoms with Crippen molar-refractivity contribution in [3.8, 4) is 11.1 Å². The van der Waals surface area contributed by atoms with Gasteiger partial charge >= 0.3 is 0 Å². The van der Waals surface area contributed by atoms with Crippen LogP contribution < -0.4 is 10.0 Å². The van der Waals surface area contributed by atoms with Gasteiger partial charge in [0.2, 0.25) is 10.0 Å². The first-order chi connectivity index (χ1) is 15.9. The summed E-state index contributed by atoms with van der Waals surface area (Å²) in [5, 5.41) is 2.93. The Bertz CT molecular complexity index is 1350. The van der Waals surface area contributed by atoms with Crippen LogP contribution in [0.5, 0.6) is 0 Å². The summed E-state index contributed by atoms with van der Waals surface area (Å²) in [6, 6.07) is 16.7. The SMILES string of the molecule is Cc1cccc(C(=O)Nc2ccc3c(c2)C[C@H](NS(C)(=O)=O)C3)c1-c1ccc(C(C)(F)F)cc1.F. The molecular formula is C26H27F3N2O3S. The van der Waals surface area contributed by atoms with E-state index in [1.165, 1.54) is 12.1 Å². The third-order valence-corrected chi connectivity index (χ3v) is 6.74. The minimum absolute atomic E-state index is 0. The molecule has 0 saturated heterocycles. The number of anilines is 1. The van der Waals surface area contributed by atoms with Crippen molar-refractivity contribution in [3.63, 3.8) is 0 Å². The molecule has 3 aromatic carbocycles. The molecule has 4 rings (SSSR count). The smallest absolute Gasteiger partial charge is 0.270 e. The van der Waals surface area contributed by atoms with Gasteiger partial charge in [0.25, 0.3) is 11.8 Å². The summed E-state index contributed by atoms with van der Waals surface area (Å²) < 4.78 is 53.0. The van der Waals surface area contributed by atoms with E-state index >= 15 is 0 Å². The average Bonchev–Trinajstić information content (AvgIpc) is 3.12. The maximum Gasteiger partial charge on any atom is 0.270 e. The molecule has 1 atom stereocenters. The van der Waals surface area contributed by atoms with Gasteiger partial charge in [-0.1, -0.05) is 42.5 Å². The largest absolute Gasteiger partial charge is 0.322 e. The monoisotopic (exact) mass is 504 g/mol. The van der Waals surface area contributed by atoms with Gasteiger partial charge in [-0.3, -0.25) is 9.50 Å². The summed E-state index contributed by atoms with van der Waals surface area (Å²) in [5.74, 6) is -3.25. The standard InChI is InChI=1S/C26H26F2N2O3S.FH/c1-16-5-4-6-23(24(16)17-7-10-20(11-8-17)26(2,27)28)25(31)29-21-12-9-18-13-22(15-19(18)14-21)30-34(3,32)33;/h4-12,14,22,30H,13,15H2,1-3H3,(H,29,31);1H/t22-;/m1./s1. The van der Waals surface area contributed by atoms with Crippen molar-refractivity contribution in [2.75, 3.05) is 11.6 Å². The summed E-state index contributed by atoms with van der Waals surface area (Å²) in [5.41, 5.74) is 5.21. The number of carbonyl (C=O) groups is 1. The van der Waals surface area contributed by atoms with E-state index < -0.39 is 15.9 Å². The summed E-state index contributed by atoms with van der Waals surface area (Å²) in [4.78, 5) is 13.2. The van der Waals surface area contributed by atoms with Gasteiger partial charge in [0.15, 0.2) is 0 Å². The van der Waals surface area contributed by atoms with Gasteiger partial charge in [0.05, 0.1) is 6.26 Å². The molecule has 9 heteroatoms. The van der Waals surface area contributed by atoms with Gasteiger partial charge in [0.1, 0.15) is 0 Å². The zero-order chi connectivity index (χ0) is 24.7. The van der Waals surface area contributed by atoms with E-state index in [9.17, 15) is 22.0 Å². The van der Waals surface area contributed by atoms with Gasteiger partial charge in [-0.15, -0.1) is 0 Å². The normalized spacial score (nSPS) is 15.3. The Morgan fingerprint density at radius 2 is 1.66 bits per heavy atom. The van der Waals surface area contributed by atoms with Crippen molar-refractivity contribution in [1.82, 2.24) is 4.72 Å². The topological polar surface area (TPSA) is 75.3 Å². The van der Waals surface area contributed by atoms with Crippen molar-refractivity contribution < 1.29 is 26.7 Å². The van der Waals surface area contributed by atoms with Crippen LogP contribution in [0.15, 0.2) is 60.7 Å². The van der Waals surface area contributed by atoms with Gasteiger partial charge in [-0.25, -0.2) is 21.9 Å². The number of aryl methyl sites for hydroxylation is 1. The zero-order valence-corrected chi connectivity index (χ0v) is 20.4. The molecule has 0 aromatic heterocycles. The van der Waals surface area contributed by atoms with E-state index in [2.05, 4.69) is 10.0 Å². The zero-order valence-electron chi connectivity index (χ0n) is 19.6. The number of amides is 1. The molecule has 0 bridgehead atoms. The number of halogens is 3. The van der Waals surface area contributed by atoms with Gasteiger partial charge in [-0.05, 0) is 65.8 Å². The number of alkyl halides is 2. The van der Waals surface area contributed by atoms with E-state index in [0.717, 1.165) is 29.9 Å². The second kappa shape index (κ2) is 9.83. The van der Waals surface area contributed by atoms with E-state index in [0.29, 0.717) is 35.2 Å².